The van der Waals surface area contributed by atoms with Gasteiger partial charge in [0.05, 0.1) is 6.10 Å². The highest BCUT2D eigenvalue weighted by Gasteiger charge is 2.29. The summed E-state index contributed by atoms with van der Waals surface area (Å²) in [6.45, 7) is 4.19. The lowest BCUT2D eigenvalue weighted by atomic mass is 9.83. The van der Waals surface area contributed by atoms with Crippen molar-refractivity contribution in [3.8, 4) is 0 Å². The van der Waals surface area contributed by atoms with E-state index in [1.54, 1.807) is 12.1 Å². The first kappa shape index (κ1) is 15.4. The first-order valence-corrected chi connectivity index (χ1v) is 6.76. The number of halogens is 2. The topological polar surface area (TPSA) is 46.2 Å². The van der Waals surface area contributed by atoms with Gasteiger partial charge in [-0.15, -0.1) is 0 Å². The van der Waals surface area contributed by atoms with Gasteiger partial charge in [0.15, 0.2) is 0 Å². The number of hydrogen-bond acceptors (Lipinski definition) is 2. The lowest BCUT2D eigenvalue weighted by molar-refractivity contribution is 0.0768. The van der Waals surface area contributed by atoms with Crippen LogP contribution >= 0.6 is 11.6 Å². The molecular weight excluding hydrogens is 253 g/mol. The molecule has 0 spiro atoms. The molecule has 1 rings (SSSR count). The lowest BCUT2D eigenvalue weighted by Gasteiger charge is -2.29. The Morgan fingerprint density at radius 2 is 1.94 bits per heavy atom. The maximum atomic E-state index is 13.9. The quantitative estimate of drug-likeness (QED) is 0.835. The smallest absolute Gasteiger partial charge is 0.128 e. The molecule has 2 nitrogen and oxygen atoms in total. The van der Waals surface area contributed by atoms with Crippen molar-refractivity contribution in [2.45, 2.75) is 38.7 Å². The van der Waals surface area contributed by atoms with Gasteiger partial charge in [-0.3, -0.25) is 0 Å². The zero-order chi connectivity index (χ0) is 13.7. The van der Waals surface area contributed by atoms with Crippen LogP contribution in [-0.4, -0.2) is 17.8 Å². The minimum Gasteiger partial charge on any atom is -0.392 e. The van der Waals surface area contributed by atoms with Crippen molar-refractivity contribution in [1.82, 2.24) is 0 Å². The third kappa shape index (κ3) is 3.22. The number of rotatable bonds is 6. The Morgan fingerprint density at radius 1 is 1.33 bits per heavy atom. The van der Waals surface area contributed by atoms with Gasteiger partial charge in [0, 0.05) is 23.0 Å². The monoisotopic (exact) mass is 273 g/mol. The van der Waals surface area contributed by atoms with Crippen molar-refractivity contribution in [3.63, 3.8) is 0 Å². The van der Waals surface area contributed by atoms with Crippen LogP contribution in [0.3, 0.4) is 0 Å². The average Bonchev–Trinajstić information content (AvgIpc) is 2.35. The van der Waals surface area contributed by atoms with Crippen LogP contribution in [0, 0.1) is 11.7 Å². The van der Waals surface area contributed by atoms with Crippen molar-refractivity contribution in [1.29, 1.82) is 0 Å². The van der Waals surface area contributed by atoms with Crippen molar-refractivity contribution in [3.05, 3.63) is 34.6 Å². The van der Waals surface area contributed by atoms with Gasteiger partial charge in [-0.1, -0.05) is 44.4 Å². The second-order valence-electron chi connectivity index (χ2n) is 4.54. The van der Waals surface area contributed by atoms with Crippen molar-refractivity contribution >= 4 is 11.6 Å². The summed E-state index contributed by atoms with van der Waals surface area (Å²) in [7, 11) is 0. The van der Waals surface area contributed by atoms with Crippen LogP contribution in [0.15, 0.2) is 18.2 Å². The van der Waals surface area contributed by atoms with Gasteiger partial charge < -0.3 is 10.8 Å². The molecule has 0 saturated carbocycles. The summed E-state index contributed by atoms with van der Waals surface area (Å²) in [5, 5.41) is 10.7. The summed E-state index contributed by atoms with van der Waals surface area (Å²) in [5.74, 6) is -0.749. The van der Waals surface area contributed by atoms with Gasteiger partial charge in [0.2, 0.25) is 0 Å². The summed E-state index contributed by atoms with van der Waals surface area (Å²) in [5.41, 5.74) is 6.04. The SMILES string of the molecule is CCC(CC)C(O)C(CN)c1c(F)cccc1Cl. The first-order valence-electron chi connectivity index (χ1n) is 6.38. The summed E-state index contributed by atoms with van der Waals surface area (Å²) < 4.78 is 13.9. The number of nitrogens with two attached hydrogens (primary N) is 1. The van der Waals surface area contributed by atoms with Crippen molar-refractivity contribution in [2.75, 3.05) is 6.54 Å². The van der Waals surface area contributed by atoms with E-state index in [-0.39, 0.29) is 12.5 Å². The molecule has 3 N–H and O–H groups in total. The Kier molecular flexibility index (Phi) is 6.06. The molecule has 1 aromatic carbocycles. The lowest BCUT2D eigenvalue weighted by Crippen LogP contribution is -2.32. The number of hydrogen-bond donors (Lipinski definition) is 2. The van der Waals surface area contributed by atoms with Gasteiger partial charge in [-0.25, -0.2) is 4.39 Å². The molecule has 0 bridgehead atoms. The second kappa shape index (κ2) is 7.07. The van der Waals surface area contributed by atoms with Crippen LogP contribution in [0.4, 0.5) is 4.39 Å². The van der Waals surface area contributed by atoms with Gasteiger partial charge >= 0.3 is 0 Å². The molecule has 0 aliphatic heterocycles. The van der Waals surface area contributed by atoms with Gasteiger partial charge in [-0.05, 0) is 18.1 Å². The third-order valence-corrected chi connectivity index (χ3v) is 3.90. The zero-order valence-corrected chi connectivity index (χ0v) is 11.6. The molecule has 2 unspecified atom stereocenters. The number of aliphatic hydroxyl groups is 1. The minimum absolute atomic E-state index is 0.106. The number of benzene rings is 1. The highest BCUT2D eigenvalue weighted by atomic mass is 35.5. The van der Waals surface area contributed by atoms with Gasteiger partial charge in [-0.2, -0.15) is 0 Å². The Hall–Kier alpha value is -0.640. The normalized spacial score (nSPS) is 14.8. The molecular formula is C14H21ClFNO. The zero-order valence-electron chi connectivity index (χ0n) is 10.9. The van der Waals surface area contributed by atoms with E-state index in [0.29, 0.717) is 10.6 Å². The van der Waals surface area contributed by atoms with E-state index in [4.69, 9.17) is 17.3 Å². The Morgan fingerprint density at radius 3 is 2.39 bits per heavy atom. The molecule has 0 fully saturated rings. The third-order valence-electron chi connectivity index (χ3n) is 3.57. The van der Waals surface area contributed by atoms with Crippen molar-refractivity contribution < 1.29 is 9.50 Å². The fourth-order valence-electron chi connectivity index (χ4n) is 2.39. The molecule has 0 aliphatic rings. The van der Waals surface area contributed by atoms with Crippen LogP contribution < -0.4 is 5.73 Å². The first-order chi connectivity index (χ1) is 8.56. The molecule has 4 heteroatoms. The molecule has 102 valence electrons. The van der Waals surface area contributed by atoms with Crippen LogP contribution in [0.5, 0.6) is 0 Å². The number of aliphatic hydroxyl groups excluding tert-OH is 1. The molecule has 0 saturated heterocycles. The van der Waals surface area contributed by atoms with E-state index in [1.165, 1.54) is 6.07 Å². The summed E-state index contributed by atoms with van der Waals surface area (Å²) in [4.78, 5) is 0. The summed E-state index contributed by atoms with van der Waals surface area (Å²) >= 11 is 6.03. The Labute approximate surface area is 113 Å². The van der Waals surface area contributed by atoms with Crippen molar-refractivity contribution in [2.24, 2.45) is 11.7 Å². The predicted octanol–water partition coefficient (Wildman–Crippen LogP) is 3.32. The second-order valence-corrected chi connectivity index (χ2v) is 4.95. The molecule has 0 aromatic heterocycles. The largest absolute Gasteiger partial charge is 0.392 e. The molecule has 1 aromatic rings. The van der Waals surface area contributed by atoms with Crippen LogP contribution in [0.1, 0.15) is 38.2 Å². The van der Waals surface area contributed by atoms with Gasteiger partial charge in [0.1, 0.15) is 5.82 Å². The standard InChI is InChI=1S/C14H21ClFNO/c1-3-9(4-2)14(18)10(8-17)13-11(15)6-5-7-12(13)16/h5-7,9-10,14,18H,3-4,8,17H2,1-2H3. The van der Waals surface area contributed by atoms with E-state index < -0.39 is 17.8 Å². The van der Waals surface area contributed by atoms with Gasteiger partial charge in [0.25, 0.3) is 0 Å². The fraction of sp³-hybridized carbons (Fsp3) is 0.571. The van der Waals surface area contributed by atoms with E-state index in [1.807, 2.05) is 13.8 Å². The predicted molar refractivity (Wildman–Crippen MR) is 73.3 cm³/mol. The highest BCUT2D eigenvalue weighted by Crippen LogP contribution is 2.33. The van der Waals surface area contributed by atoms with E-state index in [9.17, 15) is 9.50 Å². The minimum atomic E-state index is -0.667. The van der Waals surface area contributed by atoms with E-state index in [0.717, 1.165) is 12.8 Å². The maximum absolute atomic E-state index is 13.9. The molecule has 0 radical (unpaired) electrons. The molecule has 2 atom stereocenters. The Balaban J connectivity index is 3.09. The average molecular weight is 274 g/mol. The molecule has 0 aliphatic carbocycles. The van der Waals surface area contributed by atoms with Crippen LogP contribution in [0.2, 0.25) is 5.02 Å². The maximum Gasteiger partial charge on any atom is 0.128 e. The van der Waals surface area contributed by atoms with Crippen LogP contribution in [-0.2, 0) is 0 Å². The van der Waals surface area contributed by atoms with E-state index >= 15 is 0 Å². The van der Waals surface area contributed by atoms with E-state index in [2.05, 4.69) is 0 Å². The Bertz CT molecular complexity index is 362. The summed E-state index contributed by atoms with van der Waals surface area (Å²) in [6, 6.07) is 4.53. The van der Waals surface area contributed by atoms with Crippen LogP contribution in [0.25, 0.3) is 0 Å². The molecule has 0 heterocycles. The molecule has 18 heavy (non-hydrogen) atoms. The summed E-state index contributed by atoms with van der Waals surface area (Å²) in [6.07, 6.45) is 1.000. The fourth-order valence-corrected chi connectivity index (χ4v) is 2.70. The molecule has 0 amide bonds. The highest BCUT2D eigenvalue weighted by molar-refractivity contribution is 6.31.